The molecule has 0 saturated heterocycles. The van der Waals surface area contributed by atoms with E-state index in [2.05, 4.69) is 30.9 Å². The van der Waals surface area contributed by atoms with E-state index in [0.717, 1.165) is 12.1 Å². The van der Waals surface area contributed by atoms with Gasteiger partial charge in [0.2, 0.25) is 11.8 Å². The molecule has 2 aliphatic rings. The predicted octanol–water partition coefficient (Wildman–Crippen LogP) is 5.80. The second kappa shape index (κ2) is 19.6. The highest BCUT2D eigenvalue weighted by molar-refractivity contribution is 8.16. The van der Waals surface area contributed by atoms with Crippen molar-refractivity contribution in [2.24, 2.45) is 20.3 Å². The van der Waals surface area contributed by atoms with E-state index in [4.69, 9.17) is 28.7 Å². The minimum Gasteiger partial charge on any atom is -0.496 e. The Hall–Kier alpha value is -5.00. The van der Waals surface area contributed by atoms with Gasteiger partial charge in [-0.1, -0.05) is 10.3 Å². The molecule has 0 aromatic carbocycles. The summed E-state index contributed by atoms with van der Waals surface area (Å²) in [7, 11) is 2.58. The van der Waals surface area contributed by atoms with E-state index in [1.54, 1.807) is 0 Å². The summed E-state index contributed by atoms with van der Waals surface area (Å²) < 4.78 is 96.5. The molecule has 320 valence electrons. The van der Waals surface area contributed by atoms with Crippen molar-refractivity contribution in [1.29, 1.82) is 0 Å². The fourth-order valence-corrected chi connectivity index (χ4v) is 7.28. The van der Waals surface area contributed by atoms with Crippen LogP contribution in [0, 0.1) is 0 Å². The van der Waals surface area contributed by atoms with Gasteiger partial charge in [-0.25, -0.2) is 9.59 Å². The van der Waals surface area contributed by atoms with E-state index < -0.39 is 84.3 Å². The lowest BCUT2D eigenvalue weighted by Crippen LogP contribution is -2.45. The van der Waals surface area contributed by atoms with Crippen molar-refractivity contribution in [1.82, 2.24) is 10.6 Å². The number of hydrogen-bond donors (Lipinski definition) is 4. The van der Waals surface area contributed by atoms with Crippen LogP contribution in [-0.4, -0.2) is 92.9 Å². The Morgan fingerprint density at radius 2 is 1.10 bits per heavy atom. The maximum absolute atomic E-state index is 12.8. The molecule has 2 aromatic heterocycles. The zero-order valence-corrected chi connectivity index (χ0v) is 33.4. The zero-order valence-electron chi connectivity index (χ0n) is 31.7. The highest BCUT2D eigenvalue weighted by Gasteiger charge is 2.42. The number of thioether (sulfide) groups is 2. The Kier molecular flexibility index (Phi) is 16.0. The van der Waals surface area contributed by atoms with Gasteiger partial charge in [0, 0.05) is 36.5 Å². The van der Waals surface area contributed by atoms with Crippen LogP contribution in [0.25, 0.3) is 0 Å². The van der Waals surface area contributed by atoms with Crippen LogP contribution in [0.15, 0.2) is 63.0 Å². The van der Waals surface area contributed by atoms with E-state index in [-0.39, 0.29) is 45.9 Å². The third-order valence-electron chi connectivity index (χ3n) is 8.30. The minimum atomic E-state index is -4.46. The van der Waals surface area contributed by atoms with Crippen LogP contribution in [0.2, 0.25) is 0 Å². The molecule has 0 fully saturated rings. The first-order valence-corrected chi connectivity index (χ1v) is 18.9. The number of nitrogens with one attached hydrogen (secondary N) is 2. The number of carbonyl (C=O) groups excluding carboxylic acids is 2. The number of carbonyl (C=O) groups is 2. The summed E-state index contributed by atoms with van der Waals surface area (Å²) in [4.78, 5) is 57.5. The molecular weight excluding hydrogens is 831 g/mol. The van der Waals surface area contributed by atoms with Gasteiger partial charge in [-0.3, -0.25) is 19.6 Å². The maximum atomic E-state index is 12.8. The lowest BCUT2D eigenvalue weighted by Gasteiger charge is -2.24. The van der Waals surface area contributed by atoms with Crippen LogP contribution in [0.5, 0.6) is 11.5 Å². The third-order valence-corrected chi connectivity index (χ3v) is 11.0. The zero-order chi connectivity index (χ0) is 43.6. The molecule has 2 aromatic rings. The monoisotopic (exact) mass is 870 g/mol. The van der Waals surface area contributed by atoms with Gasteiger partial charge in [-0.2, -0.15) is 26.3 Å². The smallest absolute Gasteiger partial charge is 0.389 e. The van der Waals surface area contributed by atoms with Crippen LogP contribution in [0.3, 0.4) is 0 Å². The Balaban J connectivity index is 0.000000310. The SMILES string of the molecule is COc1cc([C@@H](CCC(F)(F)F)NC(=O)[C@]2(C)CSC(/C(C)=N/O)=N2)oc(=O)c1.COc1cc([C@@H](CCC(F)(F)F)NC(=O)[C@]2(C)CSC(/C(C)=N\O)=N2)oc(=O)c1. The van der Waals surface area contributed by atoms with Crippen LogP contribution < -0.4 is 31.4 Å². The molecule has 0 aliphatic carbocycles. The number of hydrogen-bond acceptors (Lipinski definition) is 16. The topological polar surface area (TPSA) is 227 Å². The molecule has 2 amide bonds. The number of ether oxygens (including phenoxy) is 2. The number of amides is 2. The first-order chi connectivity index (χ1) is 26.9. The lowest BCUT2D eigenvalue weighted by molar-refractivity contribution is -0.139. The van der Waals surface area contributed by atoms with Gasteiger partial charge in [0.1, 0.15) is 55.6 Å². The molecule has 16 nitrogen and oxygen atoms in total. The van der Waals surface area contributed by atoms with E-state index in [9.17, 15) is 45.5 Å². The molecule has 0 spiro atoms. The van der Waals surface area contributed by atoms with E-state index in [0.29, 0.717) is 10.1 Å². The van der Waals surface area contributed by atoms with Crippen LogP contribution >= 0.6 is 23.5 Å². The summed E-state index contributed by atoms with van der Waals surface area (Å²) >= 11 is 2.37. The molecule has 0 unspecified atom stereocenters. The van der Waals surface area contributed by atoms with Gasteiger partial charge in [-0.05, 0) is 40.5 Å². The summed E-state index contributed by atoms with van der Waals surface area (Å²) in [6.45, 7) is 6.03. The number of oxime groups is 2. The van der Waals surface area contributed by atoms with E-state index in [1.807, 2.05) is 0 Å². The van der Waals surface area contributed by atoms with Gasteiger partial charge >= 0.3 is 23.6 Å². The molecule has 24 heteroatoms. The van der Waals surface area contributed by atoms with Crippen molar-refractivity contribution in [3.05, 3.63) is 56.6 Å². The largest absolute Gasteiger partial charge is 0.496 e. The highest BCUT2D eigenvalue weighted by atomic mass is 32.2. The fraction of sp³-hybridized carbons (Fsp3) is 0.529. The second-order valence-electron chi connectivity index (χ2n) is 13.1. The predicted molar refractivity (Wildman–Crippen MR) is 202 cm³/mol. The maximum Gasteiger partial charge on any atom is 0.389 e. The molecule has 4 rings (SSSR count). The molecule has 0 bridgehead atoms. The molecule has 2 aliphatic heterocycles. The van der Waals surface area contributed by atoms with Gasteiger partial charge in [-0.15, -0.1) is 23.5 Å². The first-order valence-electron chi connectivity index (χ1n) is 16.9. The Morgan fingerprint density at radius 3 is 1.40 bits per heavy atom. The quantitative estimate of drug-likeness (QED) is 0.0764. The summed E-state index contributed by atoms with van der Waals surface area (Å²) in [6.07, 6.45) is -12.4. The number of rotatable bonds is 14. The molecule has 4 N–H and O–H groups in total. The highest BCUT2D eigenvalue weighted by Crippen LogP contribution is 2.34. The van der Waals surface area contributed by atoms with Gasteiger partial charge < -0.3 is 39.4 Å². The molecule has 0 saturated carbocycles. The Labute approximate surface area is 334 Å². The lowest BCUT2D eigenvalue weighted by atomic mass is 10.0. The average Bonchev–Trinajstić information content (AvgIpc) is 3.77. The summed E-state index contributed by atoms with van der Waals surface area (Å²) in [5.41, 5.74) is -3.77. The summed E-state index contributed by atoms with van der Waals surface area (Å²) in [5, 5.41) is 29.5. The summed E-state index contributed by atoms with van der Waals surface area (Å²) in [6, 6.07) is 2.14. The van der Waals surface area contributed by atoms with Crippen LogP contribution in [0.1, 0.15) is 77.0 Å². The van der Waals surface area contributed by atoms with Gasteiger partial charge in [0.15, 0.2) is 0 Å². The number of nitrogens with zero attached hydrogens (tertiary/aromatic N) is 4. The van der Waals surface area contributed by atoms with Gasteiger partial charge in [0.25, 0.3) is 0 Å². The van der Waals surface area contributed by atoms with Crippen molar-refractivity contribution < 1.29 is 64.7 Å². The standard InChI is InChI=1S/2C17H20F3N3O5S/c2*1-9(23-26)14-22-16(2,8-29-14)15(25)21-11(4-5-17(18,19)20)12-6-10(27-3)7-13(24)28-12/h2*6-7,11,26H,4-5,8H2,1-3H3,(H,21,25)/b23-9+;23-9-/t2*11-,16+/m11/s1. The van der Waals surface area contributed by atoms with Crippen molar-refractivity contribution in [2.45, 2.75) is 88.9 Å². The Morgan fingerprint density at radius 1 is 0.759 bits per heavy atom. The molecule has 58 heavy (non-hydrogen) atoms. The van der Waals surface area contributed by atoms with Crippen molar-refractivity contribution >= 4 is 56.8 Å². The van der Waals surface area contributed by atoms with Crippen molar-refractivity contribution in [2.75, 3.05) is 25.7 Å². The fourth-order valence-electron chi connectivity index (χ4n) is 5.02. The average molecular weight is 871 g/mol. The van der Waals surface area contributed by atoms with E-state index in [1.165, 1.54) is 77.6 Å². The number of methoxy groups -OCH3 is 2. The van der Waals surface area contributed by atoms with Crippen LogP contribution in [0.4, 0.5) is 26.3 Å². The third kappa shape index (κ3) is 13.6. The molecular formula is C34H40F6N6O10S2. The van der Waals surface area contributed by atoms with Crippen molar-refractivity contribution in [3.8, 4) is 11.5 Å². The number of aliphatic imine (C=N–C) groups is 2. The molecule has 4 atom stereocenters. The number of alkyl halides is 6. The minimum absolute atomic E-state index is 0.0974. The number of halogens is 6. The molecule has 4 heterocycles. The van der Waals surface area contributed by atoms with Crippen LogP contribution in [-0.2, 0) is 9.59 Å². The van der Waals surface area contributed by atoms with Crippen molar-refractivity contribution in [3.63, 3.8) is 0 Å². The second-order valence-corrected chi connectivity index (χ2v) is 15.1. The summed E-state index contributed by atoms with van der Waals surface area (Å²) in [5.74, 6) is -1.01. The normalized spacial score (nSPS) is 20.9. The Bertz CT molecular complexity index is 1910. The van der Waals surface area contributed by atoms with Gasteiger partial charge in [0.05, 0.1) is 38.4 Å². The first kappa shape index (κ1) is 47.4. The van der Waals surface area contributed by atoms with E-state index >= 15 is 0 Å². The molecule has 0 radical (unpaired) electrons.